The first-order chi connectivity index (χ1) is 14.0. The summed E-state index contributed by atoms with van der Waals surface area (Å²) in [5, 5.41) is 6.01. The van der Waals surface area contributed by atoms with Crippen LogP contribution >= 0.6 is 23.4 Å². The molecule has 0 saturated heterocycles. The van der Waals surface area contributed by atoms with E-state index in [4.69, 9.17) is 16.3 Å². The van der Waals surface area contributed by atoms with Gasteiger partial charge in [0.2, 0.25) is 0 Å². The van der Waals surface area contributed by atoms with Crippen molar-refractivity contribution < 1.29 is 14.3 Å². The number of ether oxygens (including phenoxy) is 1. The second kappa shape index (κ2) is 9.85. The zero-order valence-electron chi connectivity index (χ0n) is 16.3. The van der Waals surface area contributed by atoms with Crippen molar-refractivity contribution in [2.45, 2.75) is 19.8 Å². The van der Waals surface area contributed by atoms with Gasteiger partial charge < -0.3 is 15.4 Å². The molecule has 0 aromatic heterocycles. The van der Waals surface area contributed by atoms with Crippen molar-refractivity contribution in [3.05, 3.63) is 75.3 Å². The van der Waals surface area contributed by atoms with Gasteiger partial charge in [-0.05, 0) is 36.6 Å². The number of halogens is 1. The summed E-state index contributed by atoms with van der Waals surface area (Å²) in [6.07, 6.45) is 0. The lowest BCUT2D eigenvalue weighted by molar-refractivity contribution is -0.112. The highest BCUT2D eigenvalue weighted by molar-refractivity contribution is 8.04. The summed E-state index contributed by atoms with van der Waals surface area (Å²) in [6, 6.07) is 14.9. The zero-order valence-corrected chi connectivity index (χ0v) is 17.9. The lowest BCUT2D eigenvalue weighted by Crippen LogP contribution is -2.27. The van der Waals surface area contributed by atoms with Crippen molar-refractivity contribution in [2.75, 3.05) is 24.2 Å². The van der Waals surface area contributed by atoms with Crippen LogP contribution in [0.5, 0.6) is 0 Å². The molecule has 2 aromatic carbocycles. The van der Waals surface area contributed by atoms with Crippen LogP contribution in [0.4, 0.5) is 5.69 Å². The number of nitrogens with one attached hydrogen (secondary N) is 2. The molecule has 1 heterocycles. The lowest BCUT2D eigenvalue weighted by atomic mass is 10.0. The number of carbonyl (C=O) groups excluding carboxylic acids is 2. The molecule has 29 heavy (non-hydrogen) atoms. The van der Waals surface area contributed by atoms with E-state index in [2.05, 4.69) is 17.6 Å². The Morgan fingerprint density at radius 3 is 2.62 bits per heavy atom. The van der Waals surface area contributed by atoms with Crippen molar-refractivity contribution >= 4 is 40.9 Å². The number of thioether (sulfide) groups is 1. The maximum Gasteiger partial charge on any atom is 0.265 e. The molecule has 0 saturated carbocycles. The lowest BCUT2D eigenvalue weighted by Gasteiger charge is -2.18. The van der Waals surface area contributed by atoms with Gasteiger partial charge in [-0.3, -0.25) is 9.59 Å². The molecule has 0 aliphatic carbocycles. The minimum atomic E-state index is -0.245. The number of allylic oxidation sites excluding steroid dienone is 1. The van der Waals surface area contributed by atoms with Crippen molar-refractivity contribution in [1.29, 1.82) is 0 Å². The van der Waals surface area contributed by atoms with Gasteiger partial charge in [-0.25, -0.2) is 0 Å². The molecule has 5 nitrogen and oxygen atoms in total. The molecule has 1 aliphatic rings. The van der Waals surface area contributed by atoms with Crippen LogP contribution < -0.4 is 10.6 Å². The summed E-state index contributed by atoms with van der Waals surface area (Å²) < 4.78 is 5.42. The number of hydrogen-bond acceptors (Lipinski definition) is 4. The number of carbonyl (C=O) groups is 2. The van der Waals surface area contributed by atoms with Crippen molar-refractivity contribution in [1.82, 2.24) is 5.32 Å². The number of rotatable bonds is 6. The van der Waals surface area contributed by atoms with Gasteiger partial charge in [-0.2, -0.15) is 0 Å². The van der Waals surface area contributed by atoms with E-state index in [0.717, 1.165) is 11.3 Å². The van der Waals surface area contributed by atoms with Gasteiger partial charge in [0.05, 0.1) is 17.2 Å². The molecule has 0 bridgehead atoms. The van der Waals surface area contributed by atoms with Crippen molar-refractivity contribution in [2.24, 2.45) is 0 Å². The smallest absolute Gasteiger partial charge is 0.265 e. The van der Waals surface area contributed by atoms with Gasteiger partial charge in [-0.1, -0.05) is 48.9 Å². The van der Waals surface area contributed by atoms with E-state index in [1.54, 1.807) is 25.1 Å². The topological polar surface area (TPSA) is 67.4 Å². The standard InChI is InChI=1S/C22H23ClN2O3S/c1-14(16-6-4-3-5-7-16)13-24-21(26)18-9-8-17(12-19(18)23)25-22(27)20-15(2)28-10-11-29-20/h3-9,12,14H,10-11,13H2,1-2H3,(H,24,26)(H,25,27)/t14-/m0/s1. The highest BCUT2D eigenvalue weighted by atomic mass is 35.5. The Kier molecular flexibility index (Phi) is 7.23. The molecular weight excluding hydrogens is 408 g/mol. The van der Waals surface area contributed by atoms with Crippen LogP contribution in [0.1, 0.15) is 35.7 Å². The quantitative estimate of drug-likeness (QED) is 0.690. The molecule has 1 aliphatic heterocycles. The second-order valence-corrected chi connectivity index (χ2v) is 8.27. The monoisotopic (exact) mass is 430 g/mol. The fraction of sp³-hybridized carbons (Fsp3) is 0.273. The van der Waals surface area contributed by atoms with Gasteiger partial charge in [0, 0.05) is 18.0 Å². The normalized spacial score (nSPS) is 14.7. The number of benzene rings is 2. The summed E-state index contributed by atoms with van der Waals surface area (Å²) in [7, 11) is 0. The summed E-state index contributed by atoms with van der Waals surface area (Å²) in [5.74, 6) is 1.06. The molecule has 0 unspecified atom stereocenters. The molecular formula is C22H23ClN2O3S. The van der Waals surface area contributed by atoms with E-state index >= 15 is 0 Å². The van der Waals surface area contributed by atoms with Crippen LogP contribution in [0.25, 0.3) is 0 Å². The average Bonchev–Trinajstić information content (AvgIpc) is 2.72. The first-order valence-electron chi connectivity index (χ1n) is 9.36. The zero-order chi connectivity index (χ0) is 20.8. The molecule has 2 N–H and O–H groups in total. The van der Waals surface area contributed by atoms with Crippen LogP contribution in [0.15, 0.2) is 59.2 Å². The Balaban J connectivity index is 1.61. The van der Waals surface area contributed by atoms with Gasteiger partial charge in [0.1, 0.15) is 10.7 Å². The third kappa shape index (κ3) is 5.55. The first kappa shape index (κ1) is 21.3. The van der Waals surface area contributed by atoms with E-state index in [-0.39, 0.29) is 22.8 Å². The summed E-state index contributed by atoms with van der Waals surface area (Å²) in [4.78, 5) is 25.5. The highest BCUT2D eigenvalue weighted by Gasteiger charge is 2.19. The molecule has 0 radical (unpaired) electrons. The first-order valence-corrected chi connectivity index (χ1v) is 10.7. The SMILES string of the molecule is CC1=C(C(=O)Nc2ccc(C(=O)NC[C@H](C)c3ccccc3)c(Cl)c2)SCCO1. The predicted molar refractivity (Wildman–Crippen MR) is 118 cm³/mol. The average molecular weight is 431 g/mol. The van der Waals surface area contributed by atoms with E-state index in [1.165, 1.54) is 11.8 Å². The van der Waals surface area contributed by atoms with Crippen molar-refractivity contribution in [3.8, 4) is 0 Å². The Morgan fingerprint density at radius 1 is 1.17 bits per heavy atom. The van der Waals surface area contributed by atoms with E-state index in [9.17, 15) is 9.59 Å². The minimum Gasteiger partial charge on any atom is -0.496 e. The Bertz CT molecular complexity index is 931. The second-order valence-electron chi connectivity index (χ2n) is 6.75. The summed E-state index contributed by atoms with van der Waals surface area (Å²) in [5.41, 5.74) is 2.06. The highest BCUT2D eigenvalue weighted by Crippen LogP contribution is 2.28. The molecule has 2 amide bonds. The Hall–Kier alpha value is -2.44. The minimum absolute atomic E-state index is 0.184. The predicted octanol–water partition coefficient (Wildman–Crippen LogP) is 4.81. The number of hydrogen-bond donors (Lipinski definition) is 2. The van der Waals surface area contributed by atoms with Gasteiger partial charge >= 0.3 is 0 Å². The third-order valence-corrected chi connectivity index (χ3v) is 6.03. The van der Waals surface area contributed by atoms with Gasteiger partial charge in [0.15, 0.2) is 0 Å². The van der Waals surface area contributed by atoms with Crippen LogP contribution in [0, 0.1) is 0 Å². The Labute approximate surface area is 179 Å². The summed E-state index contributed by atoms with van der Waals surface area (Å²) >= 11 is 7.76. The maximum absolute atomic E-state index is 12.5. The fourth-order valence-electron chi connectivity index (χ4n) is 2.94. The molecule has 2 aromatic rings. The number of amides is 2. The largest absolute Gasteiger partial charge is 0.496 e. The van der Waals surface area contributed by atoms with Gasteiger partial charge in [0.25, 0.3) is 11.8 Å². The Morgan fingerprint density at radius 2 is 1.93 bits per heavy atom. The van der Waals surface area contributed by atoms with E-state index in [0.29, 0.717) is 35.1 Å². The summed E-state index contributed by atoms with van der Waals surface area (Å²) in [6.45, 7) is 4.94. The van der Waals surface area contributed by atoms with Gasteiger partial charge in [-0.15, -0.1) is 11.8 Å². The van der Waals surface area contributed by atoms with E-state index in [1.807, 2.05) is 30.3 Å². The molecule has 7 heteroatoms. The molecule has 152 valence electrons. The van der Waals surface area contributed by atoms with Crippen molar-refractivity contribution in [3.63, 3.8) is 0 Å². The maximum atomic E-state index is 12.5. The molecule has 1 atom stereocenters. The van der Waals surface area contributed by atoms with Crippen LogP contribution in [0.3, 0.4) is 0 Å². The third-order valence-electron chi connectivity index (χ3n) is 4.58. The molecule has 3 rings (SSSR count). The molecule has 0 fully saturated rings. The number of anilines is 1. The molecule has 0 spiro atoms. The van der Waals surface area contributed by atoms with Crippen LogP contribution in [-0.4, -0.2) is 30.7 Å². The van der Waals surface area contributed by atoms with Crippen LogP contribution in [0.2, 0.25) is 5.02 Å². The van der Waals surface area contributed by atoms with Crippen LogP contribution in [-0.2, 0) is 9.53 Å². The van der Waals surface area contributed by atoms with E-state index < -0.39 is 0 Å². The fourth-order valence-corrected chi connectivity index (χ4v) is 4.02.